The third kappa shape index (κ3) is 2.42. The molecule has 7 heteroatoms. The number of nitrogens with one attached hydrogen (secondary N) is 1. The highest BCUT2D eigenvalue weighted by atomic mass is 32.1. The first kappa shape index (κ1) is 14.1. The van der Waals surface area contributed by atoms with Gasteiger partial charge in [-0.3, -0.25) is 5.32 Å². The van der Waals surface area contributed by atoms with E-state index in [1.54, 1.807) is 11.3 Å². The second-order valence-corrected chi connectivity index (χ2v) is 8.52. The average molecular weight is 334 g/mol. The first-order valence-corrected chi connectivity index (χ1v) is 9.19. The molecule has 0 unspecified atom stereocenters. The topological polar surface area (TPSA) is 58.1 Å². The number of rotatable bonds is 3. The standard InChI is InChI=1S/C15H18N4OS2/c1-15(2)10-6-19(7-11(10)15)14(20)16-13-18-17-12(22-13)5-9-3-4-21-8-9/h3-4,8,10-11H,5-7H2,1-2H3,(H,16,18,20)/t10-,11-/m0/s1. The maximum Gasteiger partial charge on any atom is 0.323 e. The number of carbonyl (C=O) groups is 1. The van der Waals surface area contributed by atoms with Crippen LogP contribution in [-0.4, -0.2) is 34.2 Å². The minimum atomic E-state index is -0.0405. The van der Waals surface area contributed by atoms with E-state index in [1.807, 2.05) is 4.90 Å². The van der Waals surface area contributed by atoms with E-state index in [0.29, 0.717) is 22.4 Å². The monoisotopic (exact) mass is 334 g/mol. The van der Waals surface area contributed by atoms with Crippen molar-refractivity contribution in [1.29, 1.82) is 0 Å². The summed E-state index contributed by atoms with van der Waals surface area (Å²) < 4.78 is 0. The molecule has 4 rings (SSSR count). The van der Waals surface area contributed by atoms with Crippen LogP contribution in [0.15, 0.2) is 16.8 Å². The van der Waals surface area contributed by atoms with Gasteiger partial charge in [0.05, 0.1) is 0 Å². The van der Waals surface area contributed by atoms with Gasteiger partial charge < -0.3 is 4.90 Å². The first-order chi connectivity index (χ1) is 10.5. The van der Waals surface area contributed by atoms with Crippen LogP contribution < -0.4 is 5.32 Å². The number of hydrogen-bond acceptors (Lipinski definition) is 5. The lowest BCUT2D eigenvalue weighted by Crippen LogP contribution is -2.36. The van der Waals surface area contributed by atoms with E-state index in [1.165, 1.54) is 16.9 Å². The molecule has 1 aliphatic heterocycles. The maximum atomic E-state index is 12.3. The fourth-order valence-corrected chi connectivity index (χ4v) is 4.84. The van der Waals surface area contributed by atoms with Gasteiger partial charge >= 0.3 is 6.03 Å². The molecule has 1 N–H and O–H groups in total. The highest BCUT2D eigenvalue weighted by molar-refractivity contribution is 7.15. The molecule has 1 aliphatic carbocycles. The van der Waals surface area contributed by atoms with E-state index >= 15 is 0 Å². The summed E-state index contributed by atoms with van der Waals surface area (Å²) in [6.45, 7) is 6.31. The average Bonchev–Trinajstić information content (AvgIpc) is 3.05. The van der Waals surface area contributed by atoms with E-state index in [9.17, 15) is 4.79 Å². The number of anilines is 1. The van der Waals surface area contributed by atoms with Crippen molar-refractivity contribution in [3.63, 3.8) is 0 Å². The van der Waals surface area contributed by atoms with Crippen LogP contribution in [0.25, 0.3) is 0 Å². The molecule has 2 aliphatic rings. The van der Waals surface area contributed by atoms with Crippen molar-refractivity contribution in [2.24, 2.45) is 17.3 Å². The SMILES string of the molecule is CC1(C)[C@H]2CN(C(=O)Nc3nnc(Cc4ccsc4)s3)C[C@@H]21. The largest absolute Gasteiger partial charge is 0.324 e. The summed E-state index contributed by atoms with van der Waals surface area (Å²) in [5.74, 6) is 1.34. The number of fused-ring (bicyclic) bond motifs is 1. The van der Waals surface area contributed by atoms with Gasteiger partial charge in [0.2, 0.25) is 5.13 Å². The second kappa shape index (κ2) is 5.03. The highest BCUT2D eigenvalue weighted by Gasteiger charge is 2.62. The van der Waals surface area contributed by atoms with Crippen molar-refractivity contribution in [3.8, 4) is 0 Å². The molecule has 2 atom stereocenters. The van der Waals surface area contributed by atoms with Crippen LogP contribution in [0.1, 0.15) is 24.4 Å². The Morgan fingerprint density at radius 1 is 1.41 bits per heavy atom. The van der Waals surface area contributed by atoms with Gasteiger partial charge in [-0.1, -0.05) is 25.2 Å². The second-order valence-electron chi connectivity index (χ2n) is 6.68. The molecule has 116 valence electrons. The molecule has 0 aromatic carbocycles. The molecule has 22 heavy (non-hydrogen) atoms. The van der Waals surface area contributed by atoms with Crippen LogP contribution in [0.2, 0.25) is 0 Å². The molecule has 0 bridgehead atoms. The minimum Gasteiger partial charge on any atom is -0.324 e. The van der Waals surface area contributed by atoms with Crippen LogP contribution >= 0.6 is 22.7 Å². The van der Waals surface area contributed by atoms with E-state index in [4.69, 9.17) is 0 Å². The lowest BCUT2D eigenvalue weighted by Gasteiger charge is -2.21. The van der Waals surface area contributed by atoms with Crippen molar-refractivity contribution in [1.82, 2.24) is 15.1 Å². The zero-order valence-electron chi connectivity index (χ0n) is 12.6. The molecule has 2 amide bonds. The molecule has 3 heterocycles. The Morgan fingerprint density at radius 2 is 2.18 bits per heavy atom. The zero-order valence-corrected chi connectivity index (χ0v) is 14.2. The Balaban J connectivity index is 1.34. The van der Waals surface area contributed by atoms with Crippen LogP contribution in [0.3, 0.4) is 0 Å². The molecule has 1 saturated heterocycles. The number of carbonyl (C=O) groups excluding carboxylic acids is 1. The van der Waals surface area contributed by atoms with Crippen molar-refractivity contribution in [2.45, 2.75) is 20.3 Å². The fourth-order valence-electron chi connectivity index (χ4n) is 3.41. The van der Waals surface area contributed by atoms with Crippen molar-refractivity contribution in [3.05, 3.63) is 27.4 Å². The van der Waals surface area contributed by atoms with Gasteiger partial charge in [-0.2, -0.15) is 11.3 Å². The van der Waals surface area contributed by atoms with Crippen LogP contribution in [0.5, 0.6) is 0 Å². The van der Waals surface area contributed by atoms with E-state index in [-0.39, 0.29) is 6.03 Å². The quantitative estimate of drug-likeness (QED) is 0.937. The summed E-state index contributed by atoms with van der Waals surface area (Å²) in [4.78, 5) is 14.2. The molecular formula is C15H18N4OS2. The first-order valence-electron chi connectivity index (χ1n) is 7.43. The molecule has 2 fully saturated rings. The molecule has 5 nitrogen and oxygen atoms in total. The third-order valence-electron chi connectivity index (χ3n) is 5.03. The molecular weight excluding hydrogens is 316 g/mol. The summed E-state index contributed by atoms with van der Waals surface area (Å²) >= 11 is 3.13. The smallest absolute Gasteiger partial charge is 0.323 e. The van der Waals surface area contributed by atoms with Gasteiger partial charge in [-0.05, 0) is 39.6 Å². The Hall–Kier alpha value is -1.47. The third-order valence-corrected chi connectivity index (χ3v) is 6.60. The summed E-state index contributed by atoms with van der Waals surface area (Å²) in [7, 11) is 0. The van der Waals surface area contributed by atoms with Gasteiger partial charge in [0.25, 0.3) is 0 Å². The molecule has 1 saturated carbocycles. The number of urea groups is 1. The van der Waals surface area contributed by atoms with E-state index < -0.39 is 0 Å². The van der Waals surface area contributed by atoms with Crippen molar-refractivity contribution >= 4 is 33.8 Å². The molecule has 0 radical (unpaired) electrons. The fraction of sp³-hybridized carbons (Fsp3) is 0.533. The lowest BCUT2D eigenvalue weighted by molar-refractivity contribution is 0.209. The Labute approximate surface area is 137 Å². The van der Waals surface area contributed by atoms with Gasteiger partial charge in [0.15, 0.2) is 0 Å². The number of amides is 2. The summed E-state index contributed by atoms with van der Waals surface area (Å²) in [5.41, 5.74) is 1.66. The number of aromatic nitrogens is 2. The van der Waals surface area contributed by atoms with E-state index in [0.717, 1.165) is 24.5 Å². The number of thiophene rings is 1. The normalized spacial score (nSPS) is 25.1. The Kier molecular flexibility index (Phi) is 3.23. The maximum absolute atomic E-state index is 12.3. The summed E-state index contributed by atoms with van der Waals surface area (Å²) in [6, 6.07) is 2.05. The number of likely N-dealkylation sites (tertiary alicyclic amines) is 1. The predicted octanol–water partition coefficient (Wildman–Crippen LogP) is 3.31. The summed E-state index contributed by atoms with van der Waals surface area (Å²) in [5, 5.41) is 16.8. The number of nitrogens with zero attached hydrogens (tertiary/aromatic N) is 3. The van der Waals surface area contributed by atoms with Crippen molar-refractivity contribution in [2.75, 3.05) is 18.4 Å². The van der Waals surface area contributed by atoms with Crippen molar-refractivity contribution < 1.29 is 4.79 Å². The molecule has 0 spiro atoms. The van der Waals surface area contributed by atoms with Gasteiger partial charge in [0.1, 0.15) is 5.01 Å². The molecule has 2 aromatic rings. The van der Waals surface area contributed by atoms with Crippen LogP contribution in [0, 0.1) is 17.3 Å². The lowest BCUT2D eigenvalue weighted by atomic mass is 10.1. The number of hydrogen-bond donors (Lipinski definition) is 1. The van der Waals surface area contributed by atoms with Gasteiger partial charge in [0, 0.05) is 19.5 Å². The Morgan fingerprint density at radius 3 is 2.86 bits per heavy atom. The van der Waals surface area contributed by atoms with E-state index in [2.05, 4.69) is 46.2 Å². The summed E-state index contributed by atoms with van der Waals surface area (Å²) in [6.07, 6.45) is 0.777. The minimum absolute atomic E-state index is 0.0405. The predicted molar refractivity (Wildman–Crippen MR) is 88.4 cm³/mol. The van der Waals surface area contributed by atoms with Crippen LogP contribution in [-0.2, 0) is 6.42 Å². The molecule has 2 aromatic heterocycles. The zero-order chi connectivity index (χ0) is 15.3. The van der Waals surface area contributed by atoms with Gasteiger partial charge in [-0.15, -0.1) is 10.2 Å². The highest BCUT2D eigenvalue weighted by Crippen LogP contribution is 2.61. The number of piperidine rings is 1. The van der Waals surface area contributed by atoms with Gasteiger partial charge in [-0.25, -0.2) is 4.79 Å². The van der Waals surface area contributed by atoms with Crippen LogP contribution in [0.4, 0.5) is 9.93 Å². The Bertz CT molecular complexity index is 680.